The monoisotopic (exact) mass is 291 g/mol. The summed E-state index contributed by atoms with van der Waals surface area (Å²) in [4.78, 5) is 22.1. The van der Waals surface area contributed by atoms with Crippen molar-refractivity contribution in [3.05, 3.63) is 41.2 Å². The Morgan fingerprint density at radius 2 is 2.05 bits per heavy atom. The minimum Gasteiger partial charge on any atom is -0.485 e. The highest BCUT2D eigenvalue weighted by Crippen LogP contribution is 2.13. The highest BCUT2D eigenvalue weighted by atomic mass is 16.5. The molecule has 8 heteroatoms. The number of carbonyl (C=O) groups is 2. The largest absolute Gasteiger partial charge is 0.485 e. The molecule has 110 valence electrons. The van der Waals surface area contributed by atoms with Crippen molar-refractivity contribution in [2.45, 2.75) is 20.1 Å². The van der Waals surface area contributed by atoms with Crippen molar-refractivity contribution in [1.82, 2.24) is 10.3 Å². The van der Waals surface area contributed by atoms with Crippen LogP contribution in [0.1, 0.15) is 21.7 Å². The molecule has 0 aliphatic rings. The maximum atomic E-state index is 11.3. The number of nitrogens with zero attached hydrogens (tertiary/aromatic N) is 2. The van der Waals surface area contributed by atoms with E-state index >= 15 is 0 Å². The third-order valence-corrected chi connectivity index (χ3v) is 2.76. The first-order chi connectivity index (χ1) is 9.97. The van der Waals surface area contributed by atoms with Gasteiger partial charge in [0, 0.05) is 5.10 Å². The van der Waals surface area contributed by atoms with Crippen LogP contribution in [-0.2, 0) is 17.9 Å². The molecule has 0 aliphatic heterocycles. The van der Waals surface area contributed by atoms with E-state index in [1.807, 2.05) is 19.1 Å². The van der Waals surface area contributed by atoms with Crippen LogP contribution in [0, 0.1) is 6.92 Å². The minimum absolute atomic E-state index is 0.0348. The van der Waals surface area contributed by atoms with E-state index in [0.29, 0.717) is 5.75 Å². The highest BCUT2D eigenvalue weighted by Gasteiger charge is 2.29. The fraction of sp³-hybridized carbons (Fsp3) is 0.231. The summed E-state index contributed by atoms with van der Waals surface area (Å²) >= 11 is 0. The number of aromatic nitrogens is 3. The lowest BCUT2D eigenvalue weighted by molar-refractivity contribution is -0.744. The van der Waals surface area contributed by atoms with Crippen LogP contribution in [0.5, 0.6) is 5.75 Å². The van der Waals surface area contributed by atoms with Crippen LogP contribution in [0.15, 0.2) is 24.3 Å². The third kappa shape index (κ3) is 3.56. The number of benzene rings is 1. The number of aryl methyl sites for hydroxylation is 1. The number of ether oxygens (including phenoxy) is 1. The zero-order chi connectivity index (χ0) is 15.4. The van der Waals surface area contributed by atoms with Gasteiger partial charge in [-0.25, -0.2) is 4.79 Å². The van der Waals surface area contributed by atoms with Crippen molar-refractivity contribution in [3.63, 3.8) is 0 Å². The number of nitrogens with one attached hydrogen (secondary N) is 1. The molecule has 4 N–H and O–H groups in total. The first kappa shape index (κ1) is 14.5. The Labute approximate surface area is 120 Å². The summed E-state index contributed by atoms with van der Waals surface area (Å²) in [5.74, 6) is -1.29. The topological polar surface area (TPSA) is 122 Å². The Kier molecular flexibility index (Phi) is 4.17. The number of amides is 1. The van der Waals surface area contributed by atoms with Gasteiger partial charge in [-0.1, -0.05) is 22.9 Å². The van der Waals surface area contributed by atoms with Gasteiger partial charge >= 0.3 is 5.97 Å². The second-order valence-corrected chi connectivity index (χ2v) is 4.47. The smallest absolute Gasteiger partial charge is 0.382 e. The second kappa shape index (κ2) is 6.04. The first-order valence-electron chi connectivity index (χ1n) is 6.15. The first-order valence-corrected chi connectivity index (χ1v) is 6.15. The van der Waals surface area contributed by atoms with Gasteiger partial charge in [0.05, 0.1) is 0 Å². The molecule has 1 aromatic heterocycles. The van der Waals surface area contributed by atoms with Gasteiger partial charge in [0.2, 0.25) is 0 Å². The average Bonchev–Trinajstić information content (AvgIpc) is 2.80. The zero-order valence-corrected chi connectivity index (χ0v) is 11.4. The van der Waals surface area contributed by atoms with Gasteiger partial charge in [-0.2, -0.15) is 0 Å². The van der Waals surface area contributed by atoms with E-state index in [1.165, 1.54) is 0 Å². The number of nitrogens with two attached hydrogens (primary N) is 1. The van der Waals surface area contributed by atoms with Crippen LogP contribution in [0.4, 0.5) is 0 Å². The molecule has 0 aliphatic carbocycles. The van der Waals surface area contributed by atoms with Crippen molar-refractivity contribution < 1.29 is 24.1 Å². The number of aromatic carboxylic acids is 1. The molecule has 0 radical (unpaired) electrons. The number of aromatic amines is 1. The quantitative estimate of drug-likeness (QED) is 0.634. The number of carboxylic acids is 1. The molecule has 1 amide bonds. The maximum absolute atomic E-state index is 11.3. The molecule has 2 aromatic rings. The molecule has 0 saturated carbocycles. The predicted octanol–water partition coefficient (Wildman–Crippen LogP) is -0.232. The van der Waals surface area contributed by atoms with Crippen LogP contribution in [0.25, 0.3) is 0 Å². The minimum atomic E-state index is -1.22. The molecular formula is C13H15N4O4+. The standard InChI is InChI=1S/C13H14N4O4/c1-8-2-4-9(5-3-8)21-7-10-12(13(19)20)17(16-15-10)6-11(14)18/h2-5H,6-7H2,1H3,(H3,14,18,19,20)/p+1. The highest BCUT2D eigenvalue weighted by molar-refractivity contribution is 5.85. The van der Waals surface area contributed by atoms with E-state index in [0.717, 1.165) is 10.2 Å². The number of carboxylic acid groups (broad SMARTS) is 1. The number of hydrogen-bond acceptors (Lipinski definition) is 4. The fourth-order valence-electron chi connectivity index (χ4n) is 1.78. The molecule has 0 unspecified atom stereocenters. The Morgan fingerprint density at radius 1 is 1.38 bits per heavy atom. The van der Waals surface area contributed by atoms with E-state index in [4.69, 9.17) is 10.5 Å². The van der Waals surface area contributed by atoms with Crippen LogP contribution in [0.3, 0.4) is 0 Å². The molecule has 0 fully saturated rings. The molecule has 1 aromatic carbocycles. The van der Waals surface area contributed by atoms with Crippen molar-refractivity contribution >= 4 is 11.9 Å². The Morgan fingerprint density at radius 3 is 2.62 bits per heavy atom. The maximum Gasteiger partial charge on any atom is 0.382 e. The molecule has 0 saturated heterocycles. The lowest BCUT2D eigenvalue weighted by Crippen LogP contribution is -2.47. The molecular weight excluding hydrogens is 276 g/mol. The molecule has 0 bridgehead atoms. The summed E-state index contributed by atoms with van der Waals surface area (Å²) in [6, 6.07) is 7.32. The molecule has 1 heterocycles. The van der Waals surface area contributed by atoms with E-state index in [2.05, 4.69) is 10.3 Å². The summed E-state index contributed by atoms with van der Waals surface area (Å²) in [5, 5.41) is 15.5. The Balaban J connectivity index is 2.16. The van der Waals surface area contributed by atoms with Gasteiger partial charge < -0.3 is 15.6 Å². The van der Waals surface area contributed by atoms with Crippen molar-refractivity contribution in [3.8, 4) is 5.75 Å². The van der Waals surface area contributed by atoms with E-state index in [-0.39, 0.29) is 24.5 Å². The van der Waals surface area contributed by atoms with E-state index < -0.39 is 11.9 Å². The lowest BCUT2D eigenvalue weighted by Gasteiger charge is -2.02. The third-order valence-electron chi connectivity index (χ3n) is 2.76. The number of hydrogen-bond donors (Lipinski definition) is 3. The van der Waals surface area contributed by atoms with Gasteiger partial charge in [-0.05, 0) is 19.1 Å². The van der Waals surface area contributed by atoms with Crippen molar-refractivity contribution in [1.29, 1.82) is 0 Å². The van der Waals surface area contributed by atoms with Crippen LogP contribution < -0.4 is 15.2 Å². The summed E-state index contributed by atoms with van der Waals surface area (Å²) < 4.78 is 6.55. The molecule has 2 rings (SSSR count). The number of carbonyl (C=O) groups excluding carboxylic acids is 1. The average molecular weight is 291 g/mol. The van der Waals surface area contributed by atoms with Gasteiger partial charge in [0.25, 0.3) is 17.3 Å². The van der Waals surface area contributed by atoms with Gasteiger partial charge in [0.15, 0.2) is 13.2 Å². The number of primary amides is 1. The summed E-state index contributed by atoms with van der Waals surface area (Å²) in [6.45, 7) is 1.62. The summed E-state index contributed by atoms with van der Waals surface area (Å²) in [7, 11) is 0. The number of H-pyrrole nitrogens is 1. The molecule has 8 nitrogen and oxygen atoms in total. The van der Waals surface area contributed by atoms with Crippen molar-refractivity contribution in [2.75, 3.05) is 0 Å². The fourth-order valence-corrected chi connectivity index (χ4v) is 1.78. The van der Waals surface area contributed by atoms with Gasteiger partial charge in [-0.15, -0.1) is 4.68 Å². The lowest BCUT2D eigenvalue weighted by atomic mass is 10.2. The normalized spacial score (nSPS) is 10.3. The number of rotatable bonds is 6. The SMILES string of the molecule is Cc1ccc(OCc2n[nH][n+](CC(N)=O)c2C(=O)O)cc1. The summed E-state index contributed by atoms with van der Waals surface area (Å²) in [6.07, 6.45) is 0. The van der Waals surface area contributed by atoms with Gasteiger partial charge in [0.1, 0.15) is 5.75 Å². The van der Waals surface area contributed by atoms with Crippen LogP contribution in [0.2, 0.25) is 0 Å². The Hall–Kier alpha value is -2.90. The van der Waals surface area contributed by atoms with Crippen molar-refractivity contribution in [2.24, 2.45) is 5.73 Å². The van der Waals surface area contributed by atoms with Gasteiger partial charge in [-0.3, -0.25) is 4.79 Å². The Bertz CT molecular complexity index is 663. The zero-order valence-electron chi connectivity index (χ0n) is 11.4. The van der Waals surface area contributed by atoms with Crippen LogP contribution in [-0.4, -0.2) is 27.3 Å². The van der Waals surface area contributed by atoms with Crippen LogP contribution >= 0.6 is 0 Å². The van der Waals surface area contributed by atoms with E-state index in [1.54, 1.807) is 12.1 Å². The van der Waals surface area contributed by atoms with E-state index in [9.17, 15) is 14.7 Å². The second-order valence-electron chi connectivity index (χ2n) is 4.47. The summed E-state index contributed by atoms with van der Waals surface area (Å²) in [5.41, 5.74) is 6.17. The predicted molar refractivity (Wildman–Crippen MR) is 70.4 cm³/mol. The molecule has 0 atom stereocenters. The molecule has 0 spiro atoms. The molecule has 21 heavy (non-hydrogen) atoms.